The molecule has 2 aromatic rings. The number of aryl methyl sites for hydroxylation is 2. The Morgan fingerprint density at radius 1 is 1.40 bits per heavy atom. The van der Waals surface area contributed by atoms with Gasteiger partial charge in [0, 0.05) is 37.9 Å². The maximum Gasteiger partial charge on any atom is 0.238 e. The maximum absolute atomic E-state index is 12.7. The largest absolute Gasteiger partial charge is 0.326 e. The standard InChI is InChI=1S/C16H21N5O3S/c1-10-3-4-12(5-15(10)25(17,23)24)20-16(22)14-8-18-7-13(14)11-6-19-21(2)9-11/h3-6,9,13-14,18H,7-8H2,1-2H3,(H,20,22)(H2,17,23,24)/t13-,14+/m1/s1. The van der Waals surface area contributed by atoms with Crippen molar-refractivity contribution in [2.75, 3.05) is 18.4 Å². The van der Waals surface area contributed by atoms with Gasteiger partial charge in [-0.05, 0) is 30.2 Å². The third-order valence-electron chi connectivity index (χ3n) is 4.47. The molecule has 1 aliphatic heterocycles. The van der Waals surface area contributed by atoms with E-state index in [4.69, 9.17) is 5.14 Å². The molecule has 9 heteroatoms. The summed E-state index contributed by atoms with van der Waals surface area (Å²) in [5, 5.41) is 15.4. The summed E-state index contributed by atoms with van der Waals surface area (Å²) in [6.45, 7) is 2.91. The Morgan fingerprint density at radius 2 is 2.16 bits per heavy atom. The van der Waals surface area contributed by atoms with E-state index in [2.05, 4.69) is 15.7 Å². The van der Waals surface area contributed by atoms with Gasteiger partial charge in [-0.2, -0.15) is 5.10 Å². The van der Waals surface area contributed by atoms with Gasteiger partial charge < -0.3 is 10.6 Å². The van der Waals surface area contributed by atoms with Crippen molar-refractivity contribution < 1.29 is 13.2 Å². The van der Waals surface area contributed by atoms with Crippen LogP contribution in [-0.4, -0.2) is 37.2 Å². The quantitative estimate of drug-likeness (QED) is 0.723. The molecule has 134 valence electrons. The molecule has 8 nitrogen and oxygen atoms in total. The molecule has 1 aromatic carbocycles. The van der Waals surface area contributed by atoms with Crippen LogP contribution >= 0.6 is 0 Å². The van der Waals surface area contributed by atoms with E-state index in [0.29, 0.717) is 24.3 Å². The summed E-state index contributed by atoms with van der Waals surface area (Å²) < 4.78 is 25.0. The Balaban J connectivity index is 1.80. The van der Waals surface area contributed by atoms with Crippen molar-refractivity contribution in [3.8, 4) is 0 Å². The number of amides is 1. The van der Waals surface area contributed by atoms with E-state index in [-0.39, 0.29) is 22.6 Å². The number of rotatable bonds is 4. The first-order valence-corrected chi connectivity index (χ1v) is 9.44. The Bertz CT molecular complexity index is 906. The Morgan fingerprint density at radius 3 is 2.80 bits per heavy atom. The molecule has 1 aromatic heterocycles. The van der Waals surface area contributed by atoms with Gasteiger partial charge in [0.05, 0.1) is 17.0 Å². The van der Waals surface area contributed by atoms with Gasteiger partial charge in [-0.3, -0.25) is 9.48 Å². The summed E-state index contributed by atoms with van der Waals surface area (Å²) in [5.74, 6) is -0.400. The van der Waals surface area contributed by atoms with Gasteiger partial charge in [-0.1, -0.05) is 6.07 Å². The molecule has 2 heterocycles. The zero-order valence-electron chi connectivity index (χ0n) is 14.1. The second-order valence-corrected chi connectivity index (χ2v) is 7.86. The topological polar surface area (TPSA) is 119 Å². The van der Waals surface area contributed by atoms with Crippen LogP contribution in [0, 0.1) is 12.8 Å². The molecule has 0 bridgehead atoms. The van der Waals surface area contributed by atoms with Gasteiger partial charge in [-0.25, -0.2) is 13.6 Å². The monoisotopic (exact) mass is 363 g/mol. The van der Waals surface area contributed by atoms with Crippen LogP contribution in [0.4, 0.5) is 5.69 Å². The van der Waals surface area contributed by atoms with Crippen LogP contribution in [0.5, 0.6) is 0 Å². The van der Waals surface area contributed by atoms with Gasteiger partial charge >= 0.3 is 0 Å². The molecule has 25 heavy (non-hydrogen) atoms. The number of anilines is 1. The van der Waals surface area contributed by atoms with Crippen molar-refractivity contribution in [2.24, 2.45) is 18.1 Å². The highest BCUT2D eigenvalue weighted by Gasteiger charge is 2.34. The second-order valence-electron chi connectivity index (χ2n) is 6.33. The van der Waals surface area contributed by atoms with Crippen molar-refractivity contribution in [2.45, 2.75) is 17.7 Å². The second kappa shape index (κ2) is 6.58. The van der Waals surface area contributed by atoms with E-state index in [1.54, 1.807) is 29.9 Å². The highest BCUT2D eigenvalue weighted by atomic mass is 32.2. The molecule has 0 saturated carbocycles. The fourth-order valence-electron chi connectivity index (χ4n) is 3.16. The molecule has 1 aliphatic rings. The molecule has 0 radical (unpaired) electrons. The SMILES string of the molecule is Cc1ccc(NC(=O)[C@H]2CNC[C@@H]2c2cnn(C)c2)cc1S(N)(=O)=O. The van der Waals surface area contributed by atoms with Crippen molar-refractivity contribution in [3.05, 3.63) is 41.7 Å². The number of hydrogen-bond donors (Lipinski definition) is 3. The summed E-state index contributed by atoms with van der Waals surface area (Å²) in [5.41, 5.74) is 1.95. The van der Waals surface area contributed by atoms with E-state index >= 15 is 0 Å². The minimum atomic E-state index is -3.84. The average molecular weight is 363 g/mol. The molecule has 2 atom stereocenters. The Labute approximate surface area is 146 Å². The van der Waals surface area contributed by atoms with Crippen molar-refractivity contribution in [1.82, 2.24) is 15.1 Å². The molecule has 1 saturated heterocycles. The zero-order chi connectivity index (χ0) is 18.2. The molecule has 0 aliphatic carbocycles. The van der Waals surface area contributed by atoms with Crippen LogP contribution in [0.25, 0.3) is 0 Å². The van der Waals surface area contributed by atoms with Crippen LogP contribution in [-0.2, 0) is 21.9 Å². The zero-order valence-corrected chi connectivity index (χ0v) is 14.9. The van der Waals surface area contributed by atoms with E-state index in [9.17, 15) is 13.2 Å². The number of sulfonamides is 1. The lowest BCUT2D eigenvalue weighted by Crippen LogP contribution is -2.28. The minimum Gasteiger partial charge on any atom is -0.326 e. The predicted octanol–water partition coefficient (Wildman–Crippen LogP) is 0.318. The van der Waals surface area contributed by atoms with E-state index in [1.165, 1.54) is 6.07 Å². The molecular weight excluding hydrogens is 342 g/mol. The third kappa shape index (κ3) is 3.73. The molecule has 1 amide bonds. The smallest absolute Gasteiger partial charge is 0.238 e. The number of primary sulfonamides is 1. The van der Waals surface area contributed by atoms with E-state index < -0.39 is 10.0 Å². The van der Waals surface area contributed by atoms with Crippen molar-refractivity contribution in [3.63, 3.8) is 0 Å². The first-order valence-electron chi connectivity index (χ1n) is 7.89. The Hall–Kier alpha value is -2.23. The molecule has 1 fully saturated rings. The molecule has 3 rings (SSSR count). The number of hydrogen-bond acceptors (Lipinski definition) is 5. The number of carbonyl (C=O) groups is 1. The van der Waals surface area contributed by atoms with Crippen LogP contribution in [0.1, 0.15) is 17.0 Å². The van der Waals surface area contributed by atoms with Crippen molar-refractivity contribution >= 4 is 21.6 Å². The van der Waals surface area contributed by atoms with Crippen molar-refractivity contribution in [1.29, 1.82) is 0 Å². The number of carbonyl (C=O) groups excluding carboxylic acids is 1. The predicted molar refractivity (Wildman–Crippen MR) is 93.5 cm³/mol. The number of nitrogens with one attached hydrogen (secondary N) is 2. The fraction of sp³-hybridized carbons (Fsp3) is 0.375. The lowest BCUT2D eigenvalue weighted by molar-refractivity contribution is -0.119. The van der Waals surface area contributed by atoms with Crippen LogP contribution < -0.4 is 15.8 Å². The maximum atomic E-state index is 12.7. The van der Waals surface area contributed by atoms with Gasteiger partial charge in [0.2, 0.25) is 15.9 Å². The number of nitrogens with zero attached hydrogens (tertiary/aromatic N) is 2. The number of nitrogens with two attached hydrogens (primary N) is 1. The summed E-state index contributed by atoms with van der Waals surface area (Å²) in [6, 6.07) is 4.69. The molecular formula is C16H21N5O3S. The molecule has 0 spiro atoms. The summed E-state index contributed by atoms with van der Waals surface area (Å²) in [7, 11) is -2.00. The van der Waals surface area contributed by atoms with Gasteiger partial charge in [0.25, 0.3) is 0 Å². The molecule has 0 unspecified atom stereocenters. The van der Waals surface area contributed by atoms with Gasteiger partial charge in [0.15, 0.2) is 0 Å². The summed E-state index contributed by atoms with van der Waals surface area (Å²) >= 11 is 0. The van der Waals surface area contributed by atoms with Gasteiger partial charge in [0.1, 0.15) is 0 Å². The van der Waals surface area contributed by atoms with Crippen LogP contribution in [0.2, 0.25) is 0 Å². The summed E-state index contributed by atoms with van der Waals surface area (Å²) in [6.07, 6.45) is 3.67. The van der Waals surface area contributed by atoms with E-state index in [0.717, 1.165) is 5.56 Å². The van der Waals surface area contributed by atoms with Crippen LogP contribution in [0.15, 0.2) is 35.5 Å². The first-order chi connectivity index (χ1) is 11.8. The Kier molecular flexibility index (Phi) is 4.63. The number of aromatic nitrogens is 2. The average Bonchev–Trinajstić information content (AvgIpc) is 3.16. The third-order valence-corrected chi connectivity index (χ3v) is 5.52. The summed E-state index contributed by atoms with van der Waals surface area (Å²) in [4.78, 5) is 12.7. The highest BCUT2D eigenvalue weighted by molar-refractivity contribution is 7.89. The number of benzene rings is 1. The molecule has 4 N–H and O–H groups in total. The normalized spacial score (nSPS) is 20.6. The minimum absolute atomic E-state index is 0.0126. The first kappa shape index (κ1) is 17.6. The lowest BCUT2D eigenvalue weighted by Gasteiger charge is -2.17. The van der Waals surface area contributed by atoms with E-state index in [1.807, 2.05) is 13.2 Å². The fourth-order valence-corrected chi connectivity index (χ4v) is 3.96. The lowest BCUT2D eigenvalue weighted by atomic mass is 9.90. The van der Waals surface area contributed by atoms with Crippen LogP contribution in [0.3, 0.4) is 0 Å². The highest BCUT2D eigenvalue weighted by Crippen LogP contribution is 2.29. The van der Waals surface area contributed by atoms with Gasteiger partial charge in [-0.15, -0.1) is 0 Å².